The average Bonchev–Trinajstić information content (AvgIpc) is 3.59. The molecule has 1 atom stereocenters. The molecule has 2 aliphatic rings. The summed E-state index contributed by atoms with van der Waals surface area (Å²) in [7, 11) is 1.33. The quantitative estimate of drug-likeness (QED) is 0.425. The predicted molar refractivity (Wildman–Crippen MR) is 148 cm³/mol. The first-order valence-electron chi connectivity index (χ1n) is 13.5. The molecule has 2 N–H and O–H groups in total. The third-order valence-corrected chi connectivity index (χ3v) is 7.53. The Labute approximate surface area is 227 Å². The van der Waals surface area contributed by atoms with E-state index in [2.05, 4.69) is 10.6 Å². The molecule has 10 nitrogen and oxygen atoms in total. The molecule has 0 spiro atoms. The van der Waals surface area contributed by atoms with Crippen LogP contribution in [0.5, 0.6) is 0 Å². The summed E-state index contributed by atoms with van der Waals surface area (Å²) in [4.78, 5) is 44.6. The van der Waals surface area contributed by atoms with Gasteiger partial charge in [0.1, 0.15) is 11.8 Å². The zero-order valence-electron chi connectivity index (χ0n) is 22.4. The first kappa shape index (κ1) is 26.7. The highest BCUT2D eigenvalue weighted by atomic mass is 16.5. The Bertz CT molecular complexity index is 1340. The van der Waals surface area contributed by atoms with Gasteiger partial charge in [0.15, 0.2) is 5.69 Å². The number of carbonyl (C=O) groups excluding carboxylic acids is 3. The predicted octanol–water partition coefficient (Wildman–Crippen LogP) is 3.61. The van der Waals surface area contributed by atoms with Gasteiger partial charge in [-0.25, -0.2) is 9.78 Å². The van der Waals surface area contributed by atoms with Crippen molar-refractivity contribution >= 4 is 40.2 Å². The summed E-state index contributed by atoms with van der Waals surface area (Å²) in [5.41, 5.74) is 3.14. The monoisotopic (exact) mass is 533 g/mol. The van der Waals surface area contributed by atoms with Gasteiger partial charge in [-0.15, -0.1) is 0 Å². The maximum absolute atomic E-state index is 13.1. The summed E-state index contributed by atoms with van der Waals surface area (Å²) in [6.07, 6.45) is 4.97. The van der Waals surface area contributed by atoms with E-state index < -0.39 is 12.1 Å². The molecule has 39 heavy (non-hydrogen) atoms. The summed E-state index contributed by atoms with van der Waals surface area (Å²) < 4.78 is 12.6. The zero-order chi connectivity index (χ0) is 27.4. The molecule has 2 saturated heterocycles. The van der Waals surface area contributed by atoms with Gasteiger partial charge in [0.2, 0.25) is 5.91 Å². The molecule has 3 aromatic rings. The first-order chi connectivity index (χ1) is 18.9. The molecule has 4 heterocycles. The summed E-state index contributed by atoms with van der Waals surface area (Å²) in [6, 6.07) is 12.1. The normalized spacial score (nSPS) is 17.8. The van der Waals surface area contributed by atoms with E-state index in [1.165, 1.54) is 7.11 Å². The second kappa shape index (κ2) is 11.9. The van der Waals surface area contributed by atoms with Crippen molar-refractivity contribution in [3.8, 4) is 0 Å². The summed E-state index contributed by atoms with van der Waals surface area (Å²) >= 11 is 0. The van der Waals surface area contributed by atoms with Gasteiger partial charge in [0.05, 0.1) is 24.7 Å². The van der Waals surface area contributed by atoms with Crippen molar-refractivity contribution in [2.45, 2.75) is 57.7 Å². The number of anilines is 2. The maximum Gasteiger partial charge on any atom is 0.356 e. The van der Waals surface area contributed by atoms with Gasteiger partial charge in [-0.3, -0.25) is 9.59 Å². The lowest BCUT2D eigenvalue weighted by atomic mass is 10.0. The number of piperidine rings is 1. The van der Waals surface area contributed by atoms with Crippen LogP contribution in [0.4, 0.5) is 11.4 Å². The molecule has 2 amide bonds. The minimum absolute atomic E-state index is 0.0929. The lowest BCUT2D eigenvalue weighted by molar-refractivity contribution is -0.129. The minimum Gasteiger partial charge on any atom is -0.464 e. The van der Waals surface area contributed by atoms with E-state index in [9.17, 15) is 14.4 Å². The molecule has 1 aromatic carbocycles. The van der Waals surface area contributed by atoms with Gasteiger partial charge in [-0.1, -0.05) is 30.3 Å². The van der Waals surface area contributed by atoms with E-state index >= 15 is 0 Å². The largest absolute Gasteiger partial charge is 0.464 e. The third kappa shape index (κ3) is 5.90. The smallest absolute Gasteiger partial charge is 0.356 e. The average molecular weight is 534 g/mol. The molecule has 0 saturated carbocycles. The fraction of sp³-hybridized carbons (Fsp3) is 0.448. The third-order valence-electron chi connectivity index (χ3n) is 7.53. The van der Waals surface area contributed by atoms with E-state index in [1.54, 1.807) is 13.1 Å². The second-order valence-corrected chi connectivity index (χ2v) is 10.1. The van der Waals surface area contributed by atoms with Crippen molar-refractivity contribution in [1.82, 2.24) is 14.5 Å². The Morgan fingerprint density at radius 3 is 2.56 bits per heavy atom. The number of likely N-dealkylation sites (tertiary alicyclic amines) is 1. The minimum atomic E-state index is -0.557. The Kier molecular flexibility index (Phi) is 8.11. The number of aryl methyl sites for hydroxylation is 2. The molecule has 2 aliphatic heterocycles. The van der Waals surface area contributed by atoms with E-state index in [4.69, 9.17) is 14.5 Å². The lowest BCUT2D eigenvalue weighted by Crippen LogP contribution is -2.41. The lowest BCUT2D eigenvalue weighted by Gasteiger charge is -2.32. The van der Waals surface area contributed by atoms with Crippen LogP contribution >= 0.6 is 0 Å². The van der Waals surface area contributed by atoms with Crippen LogP contribution in [0.2, 0.25) is 0 Å². The van der Waals surface area contributed by atoms with Crippen LogP contribution in [-0.4, -0.2) is 71.2 Å². The van der Waals surface area contributed by atoms with Gasteiger partial charge < -0.3 is 29.6 Å². The SMILES string of the molecule is COC(=O)c1c(NC(=O)[C@@H]2CCCO2)c2cc(NC3CCN(C(C)=O)CC3)cnc2n1CCc1ccccc1. The van der Waals surface area contributed by atoms with Crippen LogP contribution < -0.4 is 10.6 Å². The van der Waals surface area contributed by atoms with Crippen molar-refractivity contribution in [3.05, 3.63) is 53.9 Å². The molecule has 206 valence electrons. The summed E-state index contributed by atoms with van der Waals surface area (Å²) in [5.74, 6) is -0.736. The maximum atomic E-state index is 13.1. The van der Waals surface area contributed by atoms with Crippen LogP contribution in [-0.2, 0) is 32.0 Å². The van der Waals surface area contributed by atoms with Crippen molar-refractivity contribution in [2.24, 2.45) is 0 Å². The van der Waals surface area contributed by atoms with Crippen molar-refractivity contribution in [2.75, 3.05) is 37.4 Å². The number of fused-ring (bicyclic) bond motifs is 1. The number of nitrogens with zero attached hydrogens (tertiary/aromatic N) is 3. The number of pyridine rings is 1. The van der Waals surface area contributed by atoms with Crippen LogP contribution in [0.1, 0.15) is 48.7 Å². The van der Waals surface area contributed by atoms with Crippen LogP contribution in [0.25, 0.3) is 11.0 Å². The first-order valence-corrected chi connectivity index (χ1v) is 13.5. The van der Waals surface area contributed by atoms with E-state index in [-0.39, 0.29) is 23.6 Å². The standard InChI is InChI=1S/C29H35N5O5/c1-19(35)33-13-11-21(12-14-33)31-22-17-23-25(32-28(36)24-9-6-16-39-24)26(29(37)38-2)34(27(23)30-18-22)15-10-20-7-4-3-5-8-20/h3-5,7-8,17-18,21,24,31H,6,9-16H2,1-2H3,(H,32,36)/t24-/m0/s1. The number of hydrogen-bond donors (Lipinski definition) is 2. The Hall–Kier alpha value is -3.92. The number of aromatic nitrogens is 2. The zero-order valence-corrected chi connectivity index (χ0v) is 22.4. The van der Waals surface area contributed by atoms with Crippen LogP contribution in [0.3, 0.4) is 0 Å². The van der Waals surface area contributed by atoms with Gasteiger partial charge in [0, 0.05) is 44.6 Å². The molecular weight excluding hydrogens is 498 g/mol. The van der Waals surface area contributed by atoms with Gasteiger partial charge in [-0.2, -0.15) is 0 Å². The number of hydrogen-bond acceptors (Lipinski definition) is 7. The van der Waals surface area contributed by atoms with Gasteiger partial charge >= 0.3 is 5.97 Å². The topological polar surface area (TPSA) is 115 Å². The fourth-order valence-corrected chi connectivity index (χ4v) is 5.41. The molecule has 2 aromatic heterocycles. The molecule has 5 rings (SSSR count). The molecular formula is C29H35N5O5. The van der Waals surface area contributed by atoms with Gasteiger partial charge in [-0.05, 0) is 43.7 Å². The molecule has 10 heteroatoms. The molecule has 0 bridgehead atoms. The number of esters is 1. The van der Waals surface area contributed by atoms with Crippen LogP contribution in [0, 0.1) is 0 Å². The fourth-order valence-electron chi connectivity index (χ4n) is 5.41. The Balaban J connectivity index is 1.50. The Morgan fingerprint density at radius 2 is 1.90 bits per heavy atom. The van der Waals surface area contributed by atoms with E-state index in [1.807, 2.05) is 45.9 Å². The number of rotatable bonds is 8. The number of ether oxygens (including phenoxy) is 2. The number of methoxy groups -OCH3 is 1. The number of nitrogens with one attached hydrogen (secondary N) is 2. The summed E-state index contributed by atoms with van der Waals surface area (Å²) in [6.45, 7) is 4.02. The van der Waals surface area contributed by atoms with Crippen molar-refractivity contribution in [1.29, 1.82) is 0 Å². The van der Waals surface area contributed by atoms with Gasteiger partial charge in [0.25, 0.3) is 5.91 Å². The second-order valence-electron chi connectivity index (χ2n) is 10.1. The summed E-state index contributed by atoms with van der Waals surface area (Å²) in [5, 5.41) is 7.17. The van der Waals surface area contributed by atoms with E-state index in [0.29, 0.717) is 55.8 Å². The highest BCUT2D eigenvalue weighted by Crippen LogP contribution is 2.34. The molecule has 0 unspecified atom stereocenters. The van der Waals surface area contributed by atoms with Crippen molar-refractivity contribution in [3.63, 3.8) is 0 Å². The Morgan fingerprint density at radius 1 is 1.13 bits per heavy atom. The van der Waals surface area contributed by atoms with E-state index in [0.717, 1.165) is 30.5 Å². The van der Waals surface area contributed by atoms with Crippen LogP contribution in [0.15, 0.2) is 42.6 Å². The highest BCUT2D eigenvalue weighted by Gasteiger charge is 2.30. The number of carbonyl (C=O) groups is 3. The van der Waals surface area contributed by atoms with Crippen molar-refractivity contribution < 1.29 is 23.9 Å². The molecule has 0 radical (unpaired) electrons. The highest BCUT2D eigenvalue weighted by molar-refractivity contribution is 6.12. The molecule has 0 aliphatic carbocycles. The molecule has 2 fully saturated rings. The number of amides is 2. The number of benzene rings is 1.